The van der Waals surface area contributed by atoms with E-state index in [4.69, 9.17) is 9.47 Å². The summed E-state index contributed by atoms with van der Waals surface area (Å²) in [4.78, 5) is 13.0. The number of epoxide rings is 1. The Labute approximate surface area is 90.8 Å². The molecule has 1 aliphatic rings. The minimum absolute atomic E-state index is 0.0954. The Morgan fingerprint density at radius 1 is 1.73 bits per heavy atom. The van der Waals surface area contributed by atoms with Crippen LogP contribution >= 0.6 is 0 Å². The number of rotatable bonds is 8. The molecule has 0 aromatic heterocycles. The summed E-state index contributed by atoms with van der Waals surface area (Å²) < 4.78 is 10.5. The van der Waals surface area contributed by atoms with E-state index in [1.165, 1.54) is 6.08 Å². The van der Waals surface area contributed by atoms with E-state index in [0.717, 1.165) is 19.4 Å². The summed E-state index contributed by atoms with van der Waals surface area (Å²) in [5.74, 6) is -0.0954. The fourth-order valence-electron chi connectivity index (χ4n) is 1.18. The summed E-state index contributed by atoms with van der Waals surface area (Å²) in [5, 5.41) is 0. The van der Waals surface area contributed by atoms with Gasteiger partial charge in [0.15, 0.2) is 0 Å². The van der Waals surface area contributed by atoms with Crippen LogP contribution in [-0.2, 0) is 14.3 Å². The van der Waals surface area contributed by atoms with E-state index in [9.17, 15) is 4.79 Å². The van der Waals surface area contributed by atoms with Crippen LogP contribution in [0.2, 0.25) is 0 Å². The van der Waals surface area contributed by atoms with Crippen LogP contribution in [0.4, 0.5) is 0 Å². The van der Waals surface area contributed by atoms with Crippen LogP contribution in [0.1, 0.15) is 19.8 Å². The molecule has 0 spiro atoms. The van der Waals surface area contributed by atoms with Gasteiger partial charge in [0.05, 0.1) is 19.3 Å². The van der Waals surface area contributed by atoms with Gasteiger partial charge in [0.1, 0.15) is 6.73 Å². The first-order valence-corrected chi connectivity index (χ1v) is 5.38. The number of unbranched alkanes of at least 4 members (excludes halogenated alkanes) is 1. The molecule has 1 rings (SSSR count). The smallest absolute Gasteiger partial charge is 0.247 e. The van der Waals surface area contributed by atoms with Gasteiger partial charge >= 0.3 is 0 Å². The Hall–Kier alpha value is -0.870. The lowest BCUT2D eigenvalue weighted by Gasteiger charge is -2.19. The van der Waals surface area contributed by atoms with Gasteiger partial charge in [0, 0.05) is 6.61 Å². The SMILES string of the molecule is C=CC(=O)N(COCCCC)CC1CO1. The zero-order valence-corrected chi connectivity index (χ0v) is 9.28. The van der Waals surface area contributed by atoms with Crippen LogP contribution in [0, 0.1) is 0 Å². The van der Waals surface area contributed by atoms with Crippen molar-refractivity contribution in [1.82, 2.24) is 4.90 Å². The topological polar surface area (TPSA) is 42.1 Å². The number of carbonyl (C=O) groups excluding carboxylic acids is 1. The van der Waals surface area contributed by atoms with Crippen LogP contribution in [0.25, 0.3) is 0 Å². The minimum Gasteiger partial charge on any atom is -0.371 e. The van der Waals surface area contributed by atoms with Gasteiger partial charge in [-0.3, -0.25) is 4.79 Å². The zero-order valence-electron chi connectivity index (χ0n) is 9.28. The minimum atomic E-state index is -0.0954. The Morgan fingerprint density at radius 2 is 2.47 bits per heavy atom. The van der Waals surface area contributed by atoms with Gasteiger partial charge in [0.2, 0.25) is 5.91 Å². The molecule has 0 aromatic rings. The molecule has 0 saturated carbocycles. The third-order valence-corrected chi connectivity index (χ3v) is 2.20. The maximum Gasteiger partial charge on any atom is 0.247 e. The highest BCUT2D eigenvalue weighted by atomic mass is 16.6. The molecule has 4 heteroatoms. The van der Waals surface area contributed by atoms with Crippen molar-refractivity contribution in [2.24, 2.45) is 0 Å². The summed E-state index contributed by atoms with van der Waals surface area (Å²) in [6, 6.07) is 0. The average Bonchev–Trinajstić information content (AvgIpc) is 3.05. The molecule has 1 amide bonds. The predicted octanol–water partition coefficient (Wildman–Crippen LogP) is 1.17. The van der Waals surface area contributed by atoms with Gasteiger partial charge in [-0.1, -0.05) is 19.9 Å². The Morgan fingerprint density at radius 3 is 3.00 bits per heavy atom. The maximum absolute atomic E-state index is 11.4. The van der Waals surface area contributed by atoms with Gasteiger partial charge in [-0.15, -0.1) is 0 Å². The average molecular weight is 213 g/mol. The summed E-state index contributed by atoms with van der Waals surface area (Å²) in [5.41, 5.74) is 0. The largest absolute Gasteiger partial charge is 0.371 e. The normalized spacial score (nSPS) is 18.6. The molecule has 4 nitrogen and oxygen atoms in total. The van der Waals surface area contributed by atoms with E-state index < -0.39 is 0 Å². The second kappa shape index (κ2) is 6.58. The van der Waals surface area contributed by atoms with E-state index in [2.05, 4.69) is 13.5 Å². The predicted molar refractivity (Wildman–Crippen MR) is 57.4 cm³/mol. The number of ether oxygens (including phenoxy) is 2. The van der Waals surface area contributed by atoms with E-state index in [1.54, 1.807) is 4.90 Å². The van der Waals surface area contributed by atoms with E-state index in [-0.39, 0.29) is 12.0 Å². The lowest BCUT2D eigenvalue weighted by Crippen LogP contribution is -2.35. The van der Waals surface area contributed by atoms with Crippen molar-refractivity contribution >= 4 is 5.91 Å². The fourth-order valence-corrected chi connectivity index (χ4v) is 1.18. The van der Waals surface area contributed by atoms with E-state index in [1.807, 2.05) is 0 Å². The highest BCUT2D eigenvalue weighted by Crippen LogP contribution is 2.11. The van der Waals surface area contributed by atoms with Crippen LogP contribution in [0.5, 0.6) is 0 Å². The summed E-state index contributed by atoms with van der Waals surface area (Å²) >= 11 is 0. The first-order valence-electron chi connectivity index (χ1n) is 5.38. The summed E-state index contributed by atoms with van der Waals surface area (Å²) in [7, 11) is 0. The van der Waals surface area contributed by atoms with Crippen LogP contribution in [0.15, 0.2) is 12.7 Å². The van der Waals surface area contributed by atoms with Crippen molar-refractivity contribution in [2.75, 3.05) is 26.5 Å². The molecular formula is C11H19NO3. The van der Waals surface area contributed by atoms with Crippen LogP contribution in [-0.4, -0.2) is 43.4 Å². The molecule has 0 aliphatic carbocycles. The molecule has 1 fully saturated rings. The monoisotopic (exact) mass is 213 g/mol. The fraction of sp³-hybridized carbons (Fsp3) is 0.727. The Bertz CT molecular complexity index is 214. The van der Waals surface area contributed by atoms with Crippen molar-refractivity contribution < 1.29 is 14.3 Å². The third kappa shape index (κ3) is 4.95. The first-order chi connectivity index (χ1) is 7.27. The highest BCUT2D eigenvalue weighted by Gasteiger charge is 2.26. The maximum atomic E-state index is 11.4. The van der Waals surface area contributed by atoms with Crippen LogP contribution in [0.3, 0.4) is 0 Å². The first kappa shape index (κ1) is 12.2. The number of nitrogens with zero attached hydrogens (tertiary/aromatic N) is 1. The van der Waals surface area contributed by atoms with Crippen molar-refractivity contribution in [3.05, 3.63) is 12.7 Å². The summed E-state index contributed by atoms with van der Waals surface area (Å²) in [6.45, 7) is 7.96. The molecule has 1 heterocycles. The van der Waals surface area contributed by atoms with Crippen LogP contribution < -0.4 is 0 Å². The second-order valence-electron chi connectivity index (χ2n) is 3.61. The van der Waals surface area contributed by atoms with Crippen molar-refractivity contribution in [3.8, 4) is 0 Å². The van der Waals surface area contributed by atoms with Gasteiger partial charge in [-0.05, 0) is 12.5 Å². The van der Waals surface area contributed by atoms with E-state index >= 15 is 0 Å². The number of hydrogen-bond acceptors (Lipinski definition) is 3. The quantitative estimate of drug-likeness (QED) is 0.263. The van der Waals surface area contributed by atoms with Gasteiger partial charge in [0.25, 0.3) is 0 Å². The Balaban J connectivity index is 2.21. The third-order valence-electron chi connectivity index (χ3n) is 2.20. The standard InChI is InChI=1S/C11H19NO3/c1-3-5-6-14-9-12(11(13)4-2)7-10-8-15-10/h4,10H,2-3,5-9H2,1H3. The second-order valence-corrected chi connectivity index (χ2v) is 3.61. The van der Waals surface area contributed by atoms with E-state index in [0.29, 0.717) is 19.9 Å². The summed E-state index contributed by atoms with van der Waals surface area (Å²) in [6.07, 6.45) is 3.63. The lowest BCUT2D eigenvalue weighted by molar-refractivity contribution is -0.131. The molecule has 0 radical (unpaired) electrons. The van der Waals surface area contributed by atoms with Crippen molar-refractivity contribution in [3.63, 3.8) is 0 Å². The molecule has 1 aliphatic heterocycles. The zero-order chi connectivity index (χ0) is 11.1. The van der Waals surface area contributed by atoms with Gasteiger partial charge < -0.3 is 14.4 Å². The Kier molecular flexibility index (Phi) is 5.36. The molecule has 1 saturated heterocycles. The molecule has 0 N–H and O–H groups in total. The van der Waals surface area contributed by atoms with Gasteiger partial charge in [-0.2, -0.15) is 0 Å². The lowest BCUT2D eigenvalue weighted by atomic mass is 10.4. The molecule has 0 aromatic carbocycles. The number of hydrogen-bond donors (Lipinski definition) is 0. The molecule has 1 unspecified atom stereocenters. The molecule has 15 heavy (non-hydrogen) atoms. The number of amides is 1. The highest BCUT2D eigenvalue weighted by molar-refractivity contribution is 5.86. The molecule has 1 atom stereocenters. The molecule has 86 valence electrons. The molecular weight excluding hydrogens is 194 g/mol. The van der Waals surface area contributed by atoms with Crippen molar-refractivity contribution in [2.45, 2.75) is 25.9 Å². The van der Waals surface area contributed by atoms with Crippen molar-refractivity contribution in [1.29, 1.82) is 0 Å². The number of carbonyl (C=O) groups is 1. The van der Waals surface area contributed by atoms with Gasteiger partial charge in [-0.25, -0.2) is 0 Å². The molecule has 0 bridgehead atoms.